The Morgan fingerprint density at radius 1 is 1.46 bits per heavy atom. The maximum absolute atomic E-state index is 12.4. The number of nitrogens with zero attached hydrogens (tertiary/aromatic N) is 1. The van der Waals surface area contributed by atoms with E-state index in [1.54, 1.807) is 13.1 Å². The van der Waals surface area contributed by atoms with Crippen LogP contribution < -0.4 is 0 Å². The van der Waals surface area contributed by atoms with Crippen LogP contribution in [0.4, 0.5) is 13.2 Å². The van der Waals surface area contributed by atoms with E-state index in [0.717, 1.165) is 0 Å². The minimum absolute atomic E-state index is 0.550. The molecule has 2 nitrogen and oxygen atoms in total. The molecule has 0 aliphatic carbocycles. The highest BCUT2D eigenvalue weighted by atomic mass is 79.9. The Labute approximate surface area is 84.5 Å². The Bertz CT molecular complexity index is 215. The van der Waals surface area contributed by atoms with Crippen LogP contribution in [-0.2, 0) is 4.43 Å². The summed E-state index contributed by atoms with van der Waals surface area (Å²) in [6.07, 6.45) is -4.65. The molecule has 1 unspecified atom stereocenters. The van der Waals surface area contributed by atoms with Crippen molar-refractivity contribution in [2.75, 3.05) is 5.33 Å². The molecule has 76 valence electrons. The first kappa shape index (κ1) is 12.9. The van der Waals surface area contributed by atoms with Crippen LogP contribution in [0.2, 0.25) is 13.1 Å². The van der Waals surface area contributed by atoms with Gasteiger partial charge in [0.15, 0.2) is 9.04 Å². The fourth-order valence-electron chi connectivity index (χ4n) is 0.696. The molecule has 0 saturated carbocycles. The SMILES string of the molecule is C[SiH](C)OC(C#N)(CBr)C(F)(F)F. The van der Waals surface area contributed by atoms with Gasteiger partial charge in [-0.3, -0.25) is 0 Å². The van der Waals surface area contributed by atoms with Gasteiger partial charge in [-0.05, 0) is 13.1 Å². The molecule has 1 atom stereocenters. The smallest absolute Gasteiger partial charge is 0.396 e. The standard InChI is InChI=1S/C6H9BrF3NOSi/c1-13(2)12-5(3-7,4-11)6(8,9)10/h13H,3H2,1-2H3. The van der Waals surface area contributed by atoms with Gasteiger partial charge in [-0.2, -0.15) is 18.4 Å². The molecule has 0 N–H and O–H groups in total. The Morgan fingerprint density at radius 3 is 2.00 bits per heavy atom. The molecular formula is C6H9BrF3NOSi. The largest absolute Gasteiger partial charge is 0.430 e. The quantitative estimate of drug-likeness (QED) is 0.585. The third-order valence-electron chi connectivity index (χ3n) is 1.26. The van der Waals surface area contributed by atoms with Crippen LogP contribution in [0.3, 0.4) is 0 Å². The molecule has 0 aliphatic rings. The zero-order chi connectivity index (χ0) is 10.7. The second kappa shape index (κ2) is 4.44. The van der Waals surface area contributed by atoms with Crippen molar-refractivity contribution in [2.24, 2.45) is 0 Å². The summed E-state index contributed by atoms with van der Waals surface area (Å²) in [7, 11) is -1.90. The van der Waals surface area contributed by atoms with Gasteiger partial charge in [0.05, 0.1) is 5.33 Å². The van der Waals surface area contributed by atoms with E-state index in [-0.39, 0.29) is 0 Å². The summed E-state index contributed by atoms with van der Waals surface area (Å²) in [5.41, 5.74) is -2.67. The summed E-state index contributed by atoms with van der Waals surface area (Å²) >= 11 is 2.65. The lowest BCUT2D eigenvalue weighted by Gasteiger charge is -2.29. The molecule has 0 aliphatic heterocycles. The average molecular weight is 276 g/mol. The van der Waals surface area contributed by atoms with Gasteiger partial charge in [0.2, 0.25) is 0 Å². The predicted octanol–water partition coefficient (Wildman–Crippen LogP) is 2.21. The van der Waals surface area contributed by atoms with E-state index in [1.807, 2.05) is 0 Å². The number of hydrogen-bond donors (Lipinski definition) is 0. The topological polar surface area (TPSA) is 33.0 Å². The fraction of sp³-hybridized carbons (Fsp3) is 0.833. The van der Waals surface area contributed by atoms with Crippen molar-refractivity contribution in [3.8, 4) is 6.07 Å². The zero-order valence-corrected chi connectivity index (χ0v) is 9.89. The fourth-order valence-corrected chi connectivity index (χ4v) is 2.59. The van der Waals surface area contributed by atoms with Gasteiger partial charge in [0.25, 0.3) is 5.60 Å². The van der Waals surface area contributed by atoms with Gasteiger partial charge in [-0.15, -0.1) is 0 Å². The molecule has 0 rings (SSSR count). The molecule has 13 heavy (non-hydrogen) atoms. The van der Waals surface area contributed by atoms with Crippen LogP contribution in [0.1, 0.15) is 0 Å². The van der Waals surface area contributed by atoms with E-state index in [0.29, 0.717) is 0 Å². The molecule has 0 bridgehead atoms. The van der Waals surface area contributed by atoms with Crippen LogP contribution >= 0.6 is 15.9 Å². The van der Waals surface area contributed by atoms with Crippen LogP contribution in [0.25, 0.3) is 0 Å². The summed E-state index contributed by atoms with van der Waals surface area (Å²) < 4.78 is 41.8. The van der Waals surface area contributed by atoms with E-state index in [4.69, 9.17) is 9.69 Å². The number of alkyl halides is 4. The molecule has 0 fully saturated rings. The molecule has 7 heteroatoms. The molecular weight excluding hydrogens is 267 g/mol. The molecule has 0 aromatic heterocycles. The summed E-state index contributed by atoms with van der Waals surface area (Å²) in [5, 5.41) is 7.91. The van der Waals surface area contributed by atoms with Gasteiger partial charge in [-0.1, -0.05) is 15.9 Å². The minimum atomic E-state index is -4.65. The van der Waals surface area contributed by atoms with Crippen molar-refractivity contribution in [3.05, 3.63) is 0 Å². The van der Waals surface area contributed by atoms with Crippen LogP contribution in [0, 0.1) is 11.3 Å². The first-order valence-electron chi connectivity index (χ1n) is 3.51. The van der Waals surface area contributed by atoms with Crippen molar-refractivity contribution in [3.63, 3.8) is 0 Å². The Hall–Kier alpha value is -0.0631. The van der Waals surface area contributed by atoms with Gasteiger partial charge in [-0.25, -0.2) is 0 Å². The third-order valence-corrected chi connectivity index (χ3v) is 2.93. The van der Waals surface area contributed by atoms with E-state index in [9.17, 15) is 13.2 Å². The Morgan fingerprint density at radius 2 is 1.92 bits per heavy atom. The molecule has 0 aromatic carbocycles. The number of nitriles is 1. The third kappa shape index (κ3) is 2.97. The first-order valence-corrected chi connectivity index (χ1v) is 7.41. The van der Waals surface area contributed by atoms with Crippen LogP contribution in [-0.4, -0.2) is 26.1 Å². The number of halogens is 4. The van der Waals surface area contributed by atoms with Crippen molar-refractivity contribution in [1.29, 1.82) is 5.26 Å². The number of rotatable bonds is 3. The predicted molar refractivity (Wildman–Crippen MR) is 48.2 cm³/mol. The molecule has 0 saturated heterocycles. The highest BCUT2D eigenvalue weighted by Crippen LogP contribution is 2.35. The van der Waals surface area contributed by atoms with Crippen LogP contribution in [0.15, 0.2) is 0 Å². The minimum Gasteiger partial charge on any atom is -0.396 e. The van der Waals surface area contributed by atoms with Crippen LogP contribution in [0.5, 0.6) is 0 Å². The molecule has 0 heterocycles. The average Bonchev–Trinajstić information content (AvgIpc) is 1.97. The van der Waals surface area contributed by atoms with Crippen molar-refractivity contribution in [2.45, 2.75) is 24.9 Å². The zero-order valence-electron chi connectivity index (χ0n) is 7.15. The molecule has 0 spiro atoms. The van der Waals surface area contributed by atoms with Crippen molar-refractivity contribution >= 4 is 25.0 Å². The maximum atomic E-state index is 12.4. The summed E-state index contributed by atoms with van der Waals surface area (Å²) in [6, 6.07) is 1.18. The van der Waals surface area contributed by atoms with Crippen molar-refractivity contribution in [1.82, 2.24) is 0 Å². The highest BCUT2D eigenvalue weighted by molar-refractivity contribution is 9.09. The summed E-state index contributed by atoms with van der Waals surface area (Å²) in [6.45, 7) is 3.17. The first-order chi connectivity index (χ1) is 5.79. The van der Waals surface area contributed by atoms with E-state index in [2.05, 4.69) is 15.9 Å². The molecule has 0 aromatic rings. The van der Waals surface area contributed by atoms with E-state index < -0.39 is 26.1 Å². The van der Waals surface area contributed by atoms with E-state index in [1.165, 1.54) is 6.07 Å². The lowest BCUT2D eigenvalue weighted by atomic mass is 10.1. The van der Waals surface area contributed by atoms with Gasteiger partial charge in [0.1, 0.15) is 6.07 Å². The summed E-state index contributed by atoms with van der Waals surface area (Å²) in [4.78, 5) is 0. The lowest BCUT2D eigenvalue weighted by Crippen LogP contribution is -2.50. The van der Waals surface area contributed by atoms with Gasteiger partial charge >= 0.3 is 6.18 Å². The van der Waals surface area contributed by atoms with E-state index >= 15 is 0 Å². The second-order valence-corrected chi connectivity index (χ2v) is 5.63. The van der Waals surface area contributed by atoms with Crippen molar-refractivity contribution < 1.29 is 17.6 Å². The van der Waals surface area contributed by atoms with Gasteiger partial charge < -0.3 is 4.43 Å². The molecule has 0 radical (unpaired) electrons. The number of hydrogen-bond acceptors (Lipinski definition) is 2. The van der Waals surface area contributed by atoms with Gasteiger partial charge in [0, 0.05) is 0 Å². The normalized spacial score (nSPS) is 16.8. The second-order valence-electron chi connectivity index (χ2n) is 2.74. The summed E-state index contributed by atoms with van der Waals surface area (Å²) in [5.74, 6) is 0. The highest BCUT2D eigenvalue weighted by Gasteiger charge is 2.56. The lowest BCUT2D eigenvalue weighted by molar-refractivity contribution is -0.218. The Kier molecular flexibility index (Phi) is 4.42. The Balaban J connectivity index is 4.85. The monoisotopic (exact) mass is 275 g/mol. The maximum Gasteiger partial charge on any atom is 0.430 e. The molecule has 0 amide bonds.